The second-order valence-corrected chi connectivity index (χ2v) is 19.6. The summed E-state index contributed by atoms with van der Waals surface area (Å²) in [5, 5.41) is 11.4. The first-order valence-corrected chi connectivity index (χ1v) is 20.1. The van der Waals surface area contributed by atoms with Crippen LogP contribution in [0.4, 0.5) is 0 Å². The summed E-state index contributed by atoms with van der Waals surface area (Å²) in [5.41, 5.74) is 2.70. The van der Waals surface area contributed by atoms with Gasteiger partial charge in [0.1, 0.15) is 0 Å². The molecule has 0 heterocycles. The molecule has 226 valence electrons. The average Bonchev–Trinajstić information content (AvgIpc) is 3.14. The molecule has 0 atom stereocenters. The van der Waals surface area contributed by atoms with Crippen molar-refractivity contribution in [2.45, 2.75) is 13.8 Å². The molecule has 0 aliphatic rings. The zero-order valence-electron chi connectivity index (χ0n) is 26.5. The Labute approximate surface area is 275 Å². The molecule has 0 spiro atoms. The van der Waals surface area contributed by atoms with Crippen molar-refractivity contribution in [1.82, 2.24) is 0 Å². The Bertz CT molecular complexity index is 1680. The maximum absolute atomic E-state index is 2.89. The molecular weight excluding hydrogens is 590 g/mol. The van der Waals surface area contributed by atoms with Crippen molar-refractivity contribution in [2.24, 2.45) is 0 Å². The zero-order chi connectivity index (χ0) is 31.4. The molecule has 0 saturated carbocycles. The van der Waals surface area contributed by atoms with E-state index in [2.05, 4.69) is 208 Å². The van der Waals surface area contributed by atoms with Gasteiger partial charge in [0.15, 0.2) is 0 Å². The first-order chi connectivity index (χ1) is 22.7. The van der Waals surface area contributed by atoms with Crippen molar-refractivity contribution in [3.05, 3.63) is 205 Å². The standard InChI is InChI=1S/C44H40P2/c1-35-33-34-36(2)44(46(40-27-15-6-16-28-40,41-29-17-7-18-30-41)42-31-19-8-20-32-42)43(35)45(37-21-9-3-10-22-37,38-23-11-4-12-24-38)39-25-13-5-14-26-39/h3-34,45-46H,1-2H3. The van der Waals surface area contributed by atoms with Crippen LogP contribution < -0.4 is 42.4 Å². The van der Waals surface area contributed by atoms with E-state index in [1.54, 1.807) is 0 Å². The Morgan fingerprint density at radius 2 is 0.413 bits per heavy atom. The first kappa shape index (κ1) is 30.1. The average molecular weight is 631 g/mol. The van der Waals surface area contributed by atoms with Crippen molar-refractivity contribution in [2.75, 3.05) is 0 Å². The van der Waals surface area contributed by atoms with Crippen molar-refractivity contribution in [1.29, 1.82) is 0 Å². The van der Waals surface area contributed by atoms with E-state index in [1.807, 2.05) is 0 Å². The Balaban J connectivity index is 1.77. The molecule has 7 rings (SSSR count). The van der Waals surface area contributed by atoms with Gasteiger partial charge < -0.3 is 0 Å². The number of rotatable bonds is 8. The van der Waals surface area contributed by atoms with Gasteiger partial charge in [0.05, 0.1) is 0 Å². The Kier molecular flexibility index (Phi) is 8.51. The minimum atomic E-state index is -2.89. The molecule has 0 aliphatic heterocycles. The molecule has 0 N–H and O–H groups in total. The van der Waals surface area contributed by atoms with Gasteiger partial charge >= 0.3 is 276 Å². The Morgan fingerprint density at radius 3 is 0.587 bits per heavy atom. The predicted molar refractivity (Wildman–Crippen MR) is 208 cm³/mol. The Hall–Kier alpha value is -4.60. The van der Waals surface area contributed by atoms with E-state index in [0.717, 1.165) is 0 Å². The summed E-state index contributed by atoms with van der Waals surface area (Å²) in [7, 11) is -5.79. The quantitative estimate of drug-likeness (QED) is 0.159. The van der Waals surface area contributed by atoms with Gasteiger partial charge in [-0.1, -0.05) is 0 Å². The van der Waals surface area contributed by atoms with E-state index in [-0.39, 0.29) is 0 Å². The number of hydrogen-bond donors (Lipinski definition) is 0. The summed E-state index contributed by atoms with van der Waals surface area (Å²) >= 11 is 0. The second-order valence-electron chi connectivity index (χ2n) is 12.1. The molecule has 0 saturated heterocycles. The molecule has 7 aromatic carbocycles. The molecule has 0 fully saturated rings. The van der Waals surface area contributed by atoms with Gasteiger partial charge in [-0.25, -0.2) is 0 Å². The summed E-state index contributed by atoms with van der Waals surface area (Å²) in [5.74, 6) is 0. The van der Waals surface area contributed by atoms with Crippen LogP contribution in [0.5, 0.6) is 0 Å². The van der Waals surface area contributed by atoms with Crippen LogP contribution >= 0.6 is 14.5 Å². The van der Waals surface area contributed by atoms with E-state index < -0.39 is 14.5 Å². The summed E-state index contributed by atoms with van der Waals surface area (Å²) in [6, 6.07) is 73.0. The molecule has 7 aromatic rings. The monoisotopic (exact) mass is 630 g/mol. The number of aryl methyl sites for hydroxylation is 2. The van der Waals surface area contributed by atoms with E-state index in [0.29, 0.717) is 0 Å². The fraction of sp³-hybridized carbons (Fsp3) is 0.0455. The molecule has 2 heteroatoms. The molecule has 0 nitrogen and oxygen atoms in total. The van der Waals surface area contributed by atoms with Crippen LogP contribution in [-0.4, -0.2) is 0 Å². The normalized spacial score (nSPS) is 12.4. The van der Waals surface area contributed by atoms with Crippen molar-refractivity contribution < 1.29 is 0 Å². The third-order valence-electron chi connectivity index (χ3n) is 9.61. The minimum absolute atomic E-state index is 1.35. The predicted octanol–water partition coefficient (Wildman–Crippen LogP) is 7.01. The molecule has 0 aliphatic carbocycles. The second kappa shape index (κ2) is 13.0. The number of hydrogen-bond acceptors (Lipinski definition) is 0. The molecule has 0 unspecified atom stereocenters. The van der Waals surface area contributed by atoms with Crippen molar-refractivity contribution >= 4 is 57.0 Å². The van der Waals surface area contributed by atoms with Gasteiger partial charge in [0, 0.05) is 0 Å². The third-order valence-corrected chi connectivity index (χ3v) is 19.8. The van der Waals surface area contributed by atoms with Crippen molar-refractivity contribution in [3.8, 4) is 0 Å². The SMILES string of the molecule is Cc1ccc(C)c([PH](c2ccccc2)(c2ccccc2)c2ccccc2)c1[PH](c1ccccc1)(c1ccccc1)c1ccccc1. The van der Waals surface area contributed by atoms with E-state index in [9.17, 15) is 0 Å². The first-order valence-electron chi connectivity index (χ1n) is 16.1. The molecule has 0 aromatic heterocycles. The molecular formula is C44H40P2. The topological polar surface area (TPSA) is 0 Å². The molecule has 46 heavy (non-hydrogen) atoms. The van der Waals surface area contributed by atoms with E-state index >= 15 is 0 Å². The number of benzene rings is 7. The molecule has 0 amide bonds. The zero-order valence-corrected chi connectivity index (χ0v) is 28.5. The van der Waals surface area contributed by atoms with Crippen LogP contribution in [-0.2, 0) is 0 Å². The van der Waals surface area contributed by atoms with E-state index in [1.165, 1.54) is 53.6 Å². The Morgan fingerprint density at radius 1 is 0.239 bits per heavy atom. The fourth-order valence-corrected chi connectivity index (χ4v) is 19.3. The van der Waals surface area contributed by atoms with Crippen LogP contribution in [0, 0.1) is 13.8 Å². The van der Waals surface area contributed by atoms with Crippen LogP contribution in [0.3, 0.4) is 0 Å². The summed E-state index contributed by atoms with van der Waals surface area (Å²) in [6.07, 6.45) is 0. The summed E-state index contributed by atoms with van der Waals surface area (Å²) < 4.78 is 0. The van der Waals surface area contributed by atoms with Gasteiger partial charge in [-0.15, -0.1) is 0 Å². The van der Waals surface area contributed by atoms with Crippen LogP contribution in [0.2, 0.25) is 0 Å². The van der Waals surface area contributed by atoms with E-state index in [4.69, 9.17) is 0 Å². The van der Waals surface area contributed by atoms with Gasteiger partial charge in [0.2, 0.25) is 0 Å². The van der Waals surface area contributed by atoms with Gasteiger partial charge in [-0.3, -0.25) is 0 Å². The summed E-state index contributed by atoms with van der Waals surface area (Å²) in [6.45, 7) is 4.71. The van der Waals surface area contributed by atoms with Crippen LogP contribution in [0.15, 0.2) is 194 Å². The summed E-state index contributed by atoms with van der Waals surface area (Å²) in [4.78, 5) is 0. The molecule has 0 radical (unpaired) electrons. The van der Waals surface area contributed by atoms with Crippen LogP contribution in [0.25, 0.3) is 0 Å². The van der Waals surface area contributed by atoms with Crippen molar-refractivity contribution in [3.63, 3.8) is 0 Å². The maximum atomic E-state index is 2.38. The van der Waals surface area contributed by atoms with Gasteiger partial charge in [-0.2, -0.15) is 0 Å². The fourth-order valence-electron chi connectivity index (χ4n) is 7.77. The van der Waals surface area contributed by atoms with Crippen LogP contribution in [0.1, 0.15) is 11.1 Å². The third kappa shape index (κ3) is 4.94. The molecule has 0 bridgehead atoms. The van der Waals surface area contributed by atoms with Gasteiger partial charge in [-0.05, 0) is 0 Å². The van der Waals surface area contributed by atoms with Gasteiger partial charge in [0.25, 0.3) is 0 Å².